The largest absolute Gasteiger partial charge is 0.476 e. The van der Waals surface area contributed by atoms with Crippen LogP contribution >= 0.6 is 11.6 Å². The van der Waals surface area contributed by atoms with Gasteiger partial charge in [-0.1, -0.05) is 11.6 Å². The van der Waals surface area contributed by atoms with Crippen LogP contribution in [0.2, 0.25) is 5.02 Å². The highest BCUT2D eigenvalue weighted by molar-refractivity contribution is 6.30. The first kappa shape index (κ1) is 13.1. The summed E-state index contributed by atoms with van der Waals surface area (Å²) in [6.45, 7) is 0. The second kappa shape index (κ2) is 5.11. The van der Waals surface area contributed by atoms with Crippen LogP contribution in [0, 0.1) is 0 Å². The summed E-state index contributed by atoms with van der Waals surface area (Å²) in [5, 5.41) is 15.7. The molecule has 19 heavy (non-hydrogen) atoms. The number of carboxylic acid groups (broad SMARTS) is 1. The molecule has 1 amide bonds. The number of amides is 1. The number of hydrogen-bond donors (Lipinski definition) is 2. The Balaban J connectivity index is 2.20. The van der Waals surface area contributed by atoms with Gasteiger partial charge in [0.1, 0.15) is 5.69 Å². The predicted octanol–water partition coefficient (Wildman–Crippen LogP) is 2.02. The summed E-state index contributed by atoms with van der Waals surface area (Å²) in [7, 11) is 1.50. The molecule has 0 saturated carbocycles. The maximum absolute atomic E-state index is 12.0. The number of aryl methyl sites for hydroxylation is 1. The zero-order valence-electron chi connectivity index (χ0n) is 9.92. The van der Waals surface area contributed by atoms with Crippen molar-refractivity contribution in [3.8, 4) is 0 Å². The Morgan fingerprint density at radius 1 is 1.32 bits per heavy atom. The Hall–Kier alpha value is -2.34. The summed E-state index contributed by atoms with van der Waals surface area (Å²) in [6, 6.07) is 7.79. The maximum atomic E-state index is 12.0. The highest BCUT2D eigenvalue weighted by Gasteiger charge is 2.16. The van der Waals surface area contributed by atoms with Crippen LogP contribution in [0.15, 0.2) is 30.3 Å². The standard InChI is InChI=1S/C12H10ClN3O3/c1-16-10(6-9(15-16)12(18)19)11(17)14-8-4-2-7(13)3-5-8/h2-6H,1H3,(H,14,17)(H,18,19). The molecule has 0 radical (unpaired) electrons. The van der Waals surface area contributed by atoms with Gasteiger partial charge < -0.3 is 10.4 Å². The lowest BCUT2D eigenvalue weighted by Gasteiger charge is -2.04. The number of aromatic carboxylic acids is 1. The summed E-state index contributed by atoms with van der Waals surface area (Å²) in [5.74, 6) is -1.62. The van der Waals surface area contributed by atoms with Gasteiger partial charge in [-0.05, 0) is 24.3 Å². The summed E-state index contributed by atoms with van der Waals surface area (Å²) in [5.41, 5.74) is 0.545. The van der Waals surface area contributed by atoms with E-state index in [0.29, 0.717) is 10.7 Å². The van der Waals surface area contributed by atoms with Gasteiger partial charge in [0.15, 0.2) is 5.69 Å². The monoisotopic (exact) mass is 279 g/mol. The molecule has 0 fully saturated rings. The SMILES string of the molecule is Cn1nc(C(=O)O)cc1C(=O)Nc1ccc(Cl)cc1. The van der Waals surface area contributed by atoms with Crippen LogP contribution in [-0.4, -0.2) is 26.8 Å². The van der Waals surface area contributed by atoms with Crippen molar-refractivity contribution in [2.75, 3.05) is 5.32 Å². The molecule has 2 aromatic rings. The lowest BCUT2D eigenvalue weighted by atomic mass is 10.3. The Kier molecular flexibility index (Phi) is 3.52. The first-order valence-electron chi connectivity index (χ1n) is 5.31. The van der Waals surface area contributed by atoms with E-state index in [0.717, 1.165) is 0 Å². The Morgan fingerprint density at radius 3 is 2.47 bits per heavy atom. The van der Waals surface area contributed by atoms with Gasteiger partial charge in [-0.3, -0.25) is 9.48 Å². The van der Waals surface area contributed by atoms with E-state index >= 15 is 0 Å². The maximum Gasteiger partial charge on any atom is 0.356 e. The number of nitrogens with one attached hydrogen (secondary N) is 1. The molecule has 2 rings (SSSR count). The van der Waals surface area contributed by atoms with E-state index in [4.69, 9.17) is 16.7 Å². The second-order valence-corrected chi connectivity index (χ2v) is 4.24. The first-order valence-corrected chi connectivity index (χ1v) is 5.69. The predicted molar refractivity (Wildman–Crippen MR) is 69.6 cm³/mol. The molecule has 0 atom stereocenters. The molecule has 1 aromatic heterocycles. The first-order chi connectivity index (χ1) is 8.97. The van der Waals surface area contributed by atoms with E-state index in [2.05, 4.69) is 10.4 Å². The Labute approximate surface area is 113 Å². The number of aromatic nitrogens is 2. The number of rotatable bonds is 3. The molecule has 0 bridgehead atoms. The third-order valence-corrected chi connectivity index (χ3v) is 2.69. The van der Waals surface area contributed by atoms with Gasteiger partial charge in [0.2, 0.25) is 0 Å². The third-order valence-electron chi connectivity index (χ3n) is 2.43. The van der Waals surface area contributed by atoms with Crippen molar-refractivity contribution in [1.29, 1.82) is 0 Å². The van der Waals surface area contributed by atoms with Crippen LogP contribution in [0.3, 0.4) is 0 Å². The van der Waals surface area contributed by atoms with E-state index in [1.54, 1.807) is 24.3 Å². The van der Waals surface area contributed by atoms with Crippen molar-refractivity contribution < 1.29 is 14.7 Å². The average molecular weight is 280 g/mol. The fraction of sp³-hybridized carbons (Fsp3) is 0.0833. The lowest BCUT2D eigenvalue weighted by molar-refractivity contribution is 0.0689. The number of carbonyl (C=O) groups excluding carboxylic acids is 1. The van der Waals surface area contributed by atoms with E-state index < -0.39 is 11.9 Å². The van der Waals surface area contributed by atoms with Crippen molar-refractivity contribution in [1.82, 2.24) is 9.78 Å². The minimum Gasteiger partial charge on any atom is -0.476 e. The molecule has 0 spiro atoms. The van der Waals surface area contributed by atoms with Crippen molar-refractivity contribution >= 4 is 29.2 Å². The summed E-state index contributed by atoms with van der Waals surface area (Å²) < 4.78 is 1.22. The van der Waals surface area contributed by atoms with Crippen molar-refractivity contribution in [3.05, 3.63) is 46.7 Å². The van der Waals surface area contributed by atoms with Crippen molar-refractivity contribution in [2.24, 2.45) is 7.05 Å². The fourth-order valence-electron chi connectivity index (χ4n) is 1.51. The van der Waals surface area contributed by atoms with Crippen molar-refractivity contribution in [3.63, 3.8) is 0 Å². The van der Waals surface area contributed by atoms with E-state index in [1.807, 2.05) is 0 Å². The molecule has 2 N–H and O–H groups in total. The van der Waals surface area contributed by atoms with E-state index in [9.17, 15) is 9.59 Å². The van der Waals surface area contributed by atoms with Crippen molar-refractivity contribution in [2.45, 2.75) is 0 Å². The van der Waals surface area contributed by atoms with Gasteiger partial charge in [-0.2, -0.15) is 5.10 Å². The lowest BCUT2D eigenvalue weighted by Crippen LogP contribution is -2.15. The highest BCUT2D eigenvalue weighted by atomic mass is 35.5. The van der Waals surface area contributed by atoms with E-state index in [1.165, 1.54) is 17.8 Å². The summed E-state index contributed by atoms with van der Waals surface area (Å²) >= 11 is 5.74. The van der Waals surface area contributed by atoms with Crippen LogP contribution in [0.5, 0.6) is 0 Å². The van der Waals surface area contributed by atoms with Crippen LogP contribution < -0.4 is 5.32 Å². The number of hydrogen-bond acceptors (Lipinski definition) is 3. The molecule has 0 aliphatic rings. The number of carboxylic acids is 1. The molecule has 1 aromatic carbocycles. The molecule has 0 aliphatic heterocycles. The number of anilines is 1. The summed E-state index contributed by atoms with van der Waals surface area (Å²) in [6.07, 6.45) is 0. The molecular formula is C12H10ClN3O3. The quantitative estimate of drug-likeness (QED) is 0.900. The molecular weight excluding hydrogens is 270 g/mol. The smallest absolute Gasteiger partial charge is 0.356 e. The number of halogens is 1. The second-order valence-electron chi connectivity index (χ2n) is 3.80. The van der Waals surface area contributed by atoms with Crippen LogP contribution in [0.25, 0.3) is 0 Å². The van der Waals surface area contributed by atoms with Gasteiger partial charge in [-0.25, -0.2) is 4.79 Å². The van der Waals surface area contributed by atoms with Crippen LogP contribution in [0.4, 0.5) is 5.69 Å². The zero-order valence-corrected chi connectivity index (χ0v) is 10.7. The normalized spacial score (nSPS) is 10.2. The third kappa shape index (κ3) is 2.92. The number of nitrogens with zero attached hydrogens (tertiary/aromatic N) is 2. The summed E-state index contributed by atoms with van der Waals surface area (Å²) in [4.78, 5) is 22.7. The Morgan fingerprint density at radius 2 is 1.95 bits per heavy atom. The molecule has 0 saturated heterocycles. The Bertz CT molecular complexity index is 634. The molecule has 98 valence electrons. The van der Waals surface area contributed by atoms with Crippen LogP contribution in [0.1, 0.15) is 21.0 Å². The van der Waals surface area contributed by atoms with Gasteiger partial charge in [0.25, 0.3) is 5.91 Å². The van der Waals surface area contributed by atoms with Gasteiger partial charge in [0.05, 0.1) is 0 Å². The average Bonchev–Trinajstić information content (AvgIpc) is 2.74. The topological polar surface area (TPSA) is 84.2 Å². The minimum atomic E-state index is -1.18. The molecule has 1 heterocycles. The van der Waals surface area contributed by atoms with Crippen LogP contribution in [-0.2, 0) is 7.05 Å². The highest BCUT2D eigenvalue weighted by Crippen LogP contribution is 2.14. The number of benzene rings is 1. The fourth-order valence-corrected chi connectivity index (χ4v) is 1.64. The molecule has 0 unspecified atom stereocenters. The molecule has 0 aliphatic carbocycles. The minimum absolute atomic E-state index is 0.160. The zero-order chi connectivity index (χ0) is 14.0. The van der Waals surface area contributed by atoms with Gasteiger partial charge >= 0.3 is 5.97 Å². The van der Waals surface area contributed by atoms with Gasteiger partial charge in [-0.15, -0.1) is 0 Å². The molecule has 6 nitrogen and oxygen atoms in total. The molecule has 7 heteroatoms. The van der Waals surface area contributed by atoms with Gasteiger partial charge in [0, 0.05) is 23.8 Å². The number of carbonyl (C=O) groups is 2. The van der Waals surface area contributed by atoms with E-state index in [-0.39, 0.29) is 11.4 Å².